The molecule has 1 amide bonds. The number of Topliss-reactive ketones (excluding diaryl/α,β-unsaturated/α-hetero) is 1. The van der Waals surface area contributed by atoms with Crippen LogP contribution in [-0.4, -0.2) is 24.9 Å². The average molecular weight is 381 g/mol. The number of anilines is 1. The summed E-state index contributed by atoms with van der Waals surface area (Å²) in [5, 5.41) is 12.7. The Labute approximate surface area is 161 Å². The number of nitriles is 1. The third-order valence-electron chi connectivity index (χ3n) is 5.66. The summed E-state index contributed by atoms with van der Waals surface area (Å²) < 4.78 is 5.69. The maximum atomic E-state index is 13.3. The molecule has 1 saturated carbocycles. The van der Waals surface area contributed by atoms with E-state index < -0.39 is 17.4 Å². The first-order chi connectivity index (χ1) is 13.0. The summed E-state index contributed by atoms with van der Waals surface area (Å²) in [6, 6.07) is 14.5. The van der Waals surface area contributed by atoms with Crippen molar-refractivity contribution in [1.29, 1.82) is 5.26 Å². The van der Waals surface area contributed by atoms with Gasteiger partial charge in [-0.3, -0.25) is 9.59 Å². The van der Waals surface area contributed by atoms with Crippen molar-refractivity contribution in [2.24, 2.45) is 0 Å². The van der Waals surface area contributed by atoms with E-state index in [0.29, 0.717) is 16.3 Å². The molecule has 6 heteroatoms. The number of rotatable bonds is 2. The summed E-state index contributed by atoms with van der Waals surface area (Å²) in [5.41, 5.74) is 1.65. The molecule has 3 atom stereocenters. The molecule has 0 saturated heterocycles. The maximum absolute atomic E-state index is 13.3. The highest BCUT2D eigenvalue weighted by atomic mass is 35.5. The number of carbonyl (C=O) groups excluding carboxylic acids is 2. The zero-order valence-corrected chi connectivity index (χ0v) is 15.4. The number of ether oxygens (including phenoxy) is 1. The molecule has 2 aromatic rings. The second kappa shape index (κ2) is 6.49. The van der Waals surface area contributed by atoms with Crippen molar-refractivity contribution < 1.29 is 14.3 Å². The lowest BCUT2D eigenvalue weighted by Gasteiger charge is -2.44. The van der Waals surface area contributed by atoms with Crippen LogP contribution >= 0.6 is 11.6 Å². The smallest absolute Gasteiger partial charge is 0.238 e. The first kappa shape index (κ1) is 17.7. The van der Waals surface area contributed by atoms with Gasteiger partial charge in [0.25, 0.3) is 0 Å². The molecule has 5 nitrogen and oxygen atoms in total. The number of hydrogen-bond acceptors (Lipinski definition) is 4. The number of hydrogen-bond donors (Lipinski definition) is 1. The number of methoxy groups -OCH3 is 1. The van der Waals surface area contributed by atoms with Crippen LogP contribution in [0, 0.1) is 11.3 Å². The number of benzene rings is 2. The number of nitrogens with zero attached hydrogens (tertiary/aromatic N) is 1. The van der Waals surface area contributed by atoms with Gasteiger partial charge >= 0.3 is 0 Å². The second-order valence-corrected chi connectivity index (χ2v) is 7.41. The summed E-state index contributed by atoms with van der Waals surface area (Å²) in [6.07, 6.45) is -0.220. The number of carbonyl (C=O) groups is 2. The van der Waals surface area contributed by atoms with Gasteiger partial charge in [-0.15, -0.1) is 0 Å². The van der Waals surface area contributed by atoms with Crippen molar-refractivity contribution in [3.63, 3.8) is 0 Å². The van der Waals surface area contributed by atoms with Gasteiger partial charge in [0.2, 0.25) is 5.91 Å². The zero-order valence-electron chi connectivity index (χ0n) is 14.7. The maximum Gasteiger partial charge on any atom is 0.238 e. The Bertz CT molecular complexity index is 997. The lowest BCUT2D eigenvalue weighted by Crippen LogP contribution is -2.55. The molecule has 4 rings (SSSR count). The Kier molecular flexibility index (Phi) is 4.26. The Hall–Kier alpha value is -2.68. The second-order valence-electron chi connectivity index (χ2n) is 6.97. The summed E-state index contributed by atoms with van der Waals surface area (Å²) >= 11 is 6.11. The molecule has 3 unspecified atom stereocenters. The number of nitrogens with one attached hydrogen (secondary N) is 1. The first-order valence-electron chi connectivity index (χ1n) is 8.66. The van der Waals surface area contributed by atoms with E-state index in [-0.39, 0.29) is 24.5 Å². The van der Waals surface area contributed by atoms with Gasteiger partial charge in [-0.05, 0) is 35.4 Å². The fraction of sp³-hybridized carbons (Fsp3) is 0.286. The lowest BCUT2D eigenvalue weighted by atomic mass is 9.59. The van der Waals surface area contributed by atoms with Gasteiger partial charge in [0.1, 0.15) is 11.2 Å². The predicted molar refractivity (Wildman–Crippen MR) is 101 cm³/mol. The van der Waals surface area contributed by atoms with E-state index in [1.165, 1.54) is 7.11 Å². The van der Waals surface area contributed by atoms with E-state index in [1.807, 2.05) is 12.1 Å². The van der Waals surface area contributed by atoms with Gasteiger partial charge in [0.05, 0.1) is 17.7 Å². The quantitative estimate of drug-likeness (QED) is 0.863. The minimum Gasteiger partial charge on any atom is -0.379 e. The van der Waals surface area contributed by atoms with Crippen LogP contribution in [0.15, 0.2) is 42.5 Å². The molecule has 2 aliphatic rings. The molecule has 1 N–H and O–H groups in total. The summed E-state index contributed by atoms with van der Waals surface area (Å²) in [5.74, 6) is -0.596. The molecule has 1 aliphatic heterocycles. The van der Waals surface area contributed by atoms with Crippen LogP contribution in [0.2, 0.25) is 5.02 Å². The molecule has 136 valence electrons. The Morgan fingerprint density at radius 3 is 2.78 bits per heavy atom. The molecule has 1 fully saturated rings. The van der Waals surface area contributed by atoms with Gasteiger partial charge in [0.15, 0.2) is 0 Å². The van der Waals surface area contributed by atoms with Gasteiger partial charge < -0.3 is 10.1 Å². The van der Waals surface area contributed by atoms with Gasteiger partial charge in [-0.25, -0.2) is 0 Å². The van der Waals surface area contributed by atoms with Crippen molar-refractivity contribution in [2.45, 2.75) is 30.3 Å². The molecule has 0 radical (unpaired) electrons. The monoisotopic (exact) mass is 380 g/mol. The largest absolute Gasteiger partial charge is 0.379 e. The molecular weight excluding hydrogens is 364 g/mol. The normalized spacial score (nSPS) is 26.6. The minimum absolute atomic E-state index is 0.0371. The number of fused-ring (bicyclic) bond motifs is 2. The third-order valence-corrected chi connectivity index (χ3v) is 5.89. The molecule has 27 heavy (non-hydrogen) atoms. The molecule has 1 aliphatic carbocycles. The first-order valence-corrected chi connectivity index (χ1v) is 9.04. The predicted octanol–water partition coefficient (Wildman–Crippen LogP) is 3.56. The van der Waals surface area contributed by atoms with Crippen molar-refractivity contribution in [1.82, 2.24) is 0 Å². The average Bonchev–Trinajstić information content (AvgIpc) is 2.95. The highest BCUT2D eigenvalue weighted by Crippen LogP contribution is 2.55. The van der Waals surface area contributed by atoms with Crippen molar-refractivity contribution in [2.75, 3.05) is 12.4 Å². The van der Waals surface area contributed by atoms with E-state index in [0.717, 1.165) is 11.1 Å². The van der Waals surface area contributed by atoms with Crippen molar-refractivity contribution in [3.05, 3.63) is 64.2 Å². The highest BCUT2D eigenvalue weighted by molar-refractivity contribution is 6.31. The van der Waals surface area contributed by atoms with Crippen LogP contribution in [0.4, 0.5) is 5.69 Å². The number of halogens is 1. The van der Waals surface area contributed by atoms with Crippen LogP contribution in [-0.2, 0) is 19.7 Å². The van der Waals surface area contributed by atoms with Crippen molar-refractivity contribution in [3.8, 4) is 6.07 Å². The highest BCUT2D eigenvalue weighted by Gasteiger charge is 2.60. The zero-order chi connectivity index (χ0) is 19.2. The van der Waals surface area contributed by atoms with Crippen LogP contribution in [0.5, 0.6) is 0 Å². The van der Waals surface area contributed by atoms with Crippen LogP contribution in [0.3, 0.4) is 0 Å². The summed E-state index contributed by atoms with van der Waals surface area (Å²) in [7, 11) is 1.52. The van der Waals surface area contributed by atoms with Gasteiger partial charge in [0, 0.05) is 36.6 Å². The molecule has 0 bridgehead atoms. The van der Waals surface area contributed by atoms with E-state index in [2.05, 4.69) is 11.4 Å². The standard InChI is InChI=1S/C21H17ClN2O3/c1-27-19-10-15(25)9-17(13-4-2-3-12(7-13)11-23)21(19)16-6-5-14(22)8-18(16)24-20(21)26/h2-8,17,19H,9-10H2,1H3,(H,24,26). The summed E-state index contributed by atoms with van der Waals surface area (Å²) in [4.78, 5) is 25.8. The van der Waals surface area contributed by atoms with Crippen LogP contribution in [0.25, 0.3) is 0 Å². The molecule has 1 spiro atoms. The van der Waals surface area contributed by atoms with E-state index in [4.69, 9.17) is 16.3 Å². The minimum atomic E-state index is -1.04. The fourth-order valence-electron chi connectivity index (χ4n) is 4.53. The third kappa shape index (κ3) is 2.56. The van der Waals surface area contributed by atoms with E-state index in [9.17, 15) is 14.9 Å². The van der Waals surface area contributed by atoms with E-state index in [1.54, 1.807) is 30.3 Å². The molecule has 1 heterocycles. The SMILES string of the molecule is COC1CC(=O)CC(c2cccc(C#N)c2)C12C(=O)Nc1cc(Cl)ccc12. The van der Waals surface area contributed by atoms with Gasteiger partial charge in [-0.2, -0.15) is 5.26 Å². The molecule has 2 aromatic carbocycles. The Balaban J connectivity index is 1.97. The molecular formula is C21H17ClN2O3. The lowest BCUT2D eigenvalue weighted by molar-refractivity contribution is -0.137. The Morgan fingerprint density at radius 2 is 2.04 bits per heavy atom. The number of amides is 1. The Morgan fingerprint density at radius 1 is 1.22 bits per heavy atom. The topological polar surface area (TPSA) is 79.2 Å². The van der Waals surface area contributed by atoms with Crippen LogP contribution < -0.4 is 5.32 Å². The number of ketones is 1. The van der Waals surface area contributed by atoms with Crippen molar-refractivity contribution >= 4 is 29.0 Å². The van der Waals surface area contributed by atoms with Gasteiger partial charge in [-0.1, -0.05) is 29.8 Å². The van der Waals surface area contributed by atoms with E-state index >= 15 is 0 Å². The molecule has 0 aromatic heterocycles. The summed E-state index contributed by atoms with van der Waals surface area (Å²) in [6.45, 7) is 0. The fourth-order valence-corrected chi connectivity index (χ4v) is 4.71. The van der Waals surface area contributed by atoms with Crippen LogP contribution in [0.1, 0.15) is 35.4 Å².